The smallest absolute Gasteiger partial charge is 0.411 e. The lowest BCUT2D eigenvalue weighted by molar-refractivity contribution is -0.126. The van der Waals surface area contributed by atoms with Gasteiger partial charge in [0.25, 0.3) is 0 Å². The van der Waals surface area contributed by atoms with Crippen LogP contribution in [0.15, 0.2) is 106 Å². The van der Waals surface area contributed by atoms with Crippen LogP contribution < -0.4 is 10.6 Å². The highest BCUT2D eigenvalue weighted by atomic mass is 79.9. The fourth-order valence-electron chi connectivity index (χ4n) is 7.51. The molecule has 0 spiro atoms. The van der Waals surface area contributed by atoms with Gasteiger partial charge in [-0.3, -0.25) is 29.0 Å². The highest BCUT2D eigenvalue weighted by Crippen LogP contribution is 2.26. The van der Waals surface area contributed by atoms with Gasteiger partial charge >= 0.3 is 12.2 Å². The Labute approximate surface area is 431 Å². The van der Waals surface area contributed by atoms with Crippen molar-refractivity contribution in [1.82, 2.24) is 29.6 Å². The van der Waals surface area contributed by atoms with E-state index in [2.05, 4.69) is 90.3 Å². The van der Waals surface area contributed by atoms with Crippen molar-refractivity contribution in [3.05, 3.63) is 132 Å². The molecule has 0 aromatic carbocycles. The van der Waals surface area contributed by atoms with Gasteiger partial charge in [0.05, 0.1) is 13.1 Å². The molecule has 4 aromatic heterocycles. The molecule has 4 aromatic rings. The van der Waals surface area contributed by atoms with Gasteiger partial charge in [0.15, 0.2) is 0 Å². The van der Waals surface area contributed by atoms with Crippen LogP contribution in [0.25, 0.3) is 6.08 Å². The van der Waals surface area contributed by atoms with Crippen molar-refractivity contribution in [2.24, 2.45) is 0 Å². The van der Waals surface area contributed by atoms with Crippen LogP contribution in [0.3, 0.4) is 0 Å². The van der Waals surface area contributed by atoms with Crippen molar-refractivity contribution in [3.8, 4) is 0 Å². The van der Waals surface area contributed by atoms with Crippen molar-refractivity contribution in [2.75, 3.05) is 49.9 Å². The molecular formula is C52H61BrN8O8S2. The molecule has 4 aliphatic rings. The molecule has 4 aliphatic heterocycles. The molecule has 2 N–H and O–H groups in total. The molecule has 376 valence electrons. The molecule has 8 heterocycles. The normalized spacial score (nSPS) is 15.9. The minimum atomic E-state index is -0.666. The molecule has 8 rings (SSSR count). The number of pyridine rings is 2. The summed E-state index contributed by atoms with van der Waals surface area (Å²) in [5.41, 5.74) is 3.69. The van der Waals surface area contributed by atoms with Crippen LogP contribution in [-0.2, 0) is 54.6 Å². The fraction of sp³-hybridized carbons (Fsp3) is 0.385. The lowest BCUT2D eigenvalue weighted by Crippen LogP contribution is -2.39. The number of rotatable bonds is 7. The summed E-state index contributed by atoms with van der Waals surface area (Å²) in [6, 6.07) is 12.1. The highest BCUT2D eigenvalue weighted by molar-refractivity contribution is 9.10. The second-order valence-electron chi connectivity index (χ2n) is 19.0. The first kappa shape index (κ1) is 53.9. The lowest BCUT2D eigenvalue weighted by Gasteiger charge is -2.25. The predicted octanol–water partition coefficient (Wildman–Crippen LogP) is 9.42. The molecule has 0 fully saturated rings. The molecule has 6 amide bonds. The Kier molecular flexibility index (Phi) is 18.7. The van der Waals surface area contributed by atoms with Crippen molar-refractivity contribution in [3.63, 3.8) is 0 Å². The number of amides is 6. The zero-order chi connectivity index (χ0) is 51.3. The Bertz CT molecular complexity index is 2670. The van der Waals surface area contributed by atoms with E-state index in [9.17, 15) is 28.8 Å². The summed E-state index contributed by atoms with van der Waals surface area (Å²) in [6.45, 7) is 17.3. The lowest BCUT2D eigenvalue weighted by atomic mass is 10.0. The van der Waals surface area contributed by atoms with Crippen LogP contribution in [0.2, 0.25) is 0 Å². The second-order valence-corrected chi connectivity index (χ2v) is 22.0. The van der Waals surface area contributed by atoms with Gasteiger partial charge < -0.3 is 29.9 Å². The van der Waals surface area contributed by atoms with Gasteiger partial charge in [-0.1, -0.05) is 42.0 Å². The average Bonchev–Trinajstić information content (AvgIpc) is 3.97. The predicted molar refractivity (Wildman–Crippen MR) is 281 cm³/mol. The number of carbonyl (C=O) groups is 6. The topological polar surface area (TPSA) is 184 Å². The number of hydrogen-bond donors (Lipinski definition) is 2. The van der Waals surface area contributed by atoms with E-state index in [0.717, 1.165) is 48.8 Å². The summed E-state index contributed by atoms with van der Waals surface area (Å²) in [5.74, 6) is 0.233. The molecule has 0 radical (unpaired) electrons. The molecule has 0 aliphatic carbocycles. The van der Waals surface area contributed by atoms with Crippen molar-refractivity contribution in [2.45, 2.75) is 91.5 Å². The monoisotopic (exact) mass is 1070 g/mol. The van der Waals surface area contributed by atoms with Crippen LogP contribution in [-0.4, -0.2) is 116 Å². The SMILES string of the molecule is C=CC(=O)N1CC=C(Cc2cccs2)CC1.CC(C)(C)OC(=O)N1CC(=O)Nc2ncc(/C=C/C(=O)N3CC=C(Cc4cccs4)CC3)cc2C1.CC(C)(C)OC(=O)N1CC(=O)Nc2ncc(Br)cc2C1. The Morgan fingerprint density at radius 2 is 1.18 bits per heavy atom. The third-order valence-corrected chi connectivity index (χ3v) is 13.1. The average molecular weight is 1070 g/mol. The quantitative estimate of drug-likeness (QED) is 0.134. The number of aromatic nitrogens is 2. The number of nitrogens with zero attached hydrogens (tertiary/aromatic N) is 6. The molecular weight excluding hydrogens is 1010 g/mol. The zero-order valence-electron chi connectivity index (χ0n) is 41.0. The maximum atomic E-state index is 12.7. The van der Waals surface area contributed by atoms with Gasteiger partial charge in [-0.05, 0) is 123 Å². The first-order valence-electron chi connectivity index (χ1n) is 23.2. The largest absolute Gasteiger partial charge is 0.444 e. The van der Waals surface area contributed by atoms with Crippen LogP contribution in [0.5, 0.6) is 0 Å². The summed E-state index contributed by atoms with van der Waals surface area (Å²) in [7, 11) is 0. The molecule has 19 heteroatoms. The van der Waals surface area contributed by atoms with Crippen molar-refractivity contribution < 1.29 is 38.2 Å². The summed E-state index contributed by atoms with van der Waals surface area (Å²) in [4.78, 5) is 90.3. The Morgan fingerprint density at radius 1 is 0.704 bits per heavy atom. The summed E-state index contributed by atoms with van der Waals surface area (Å²) < 4.78 is 11.5. The maximum absolute atomic E-state index is 12.7. The number of anilines is 2. The van der Waals surface area contributed by atoms with Crippen LogP contribution >= 0.6 is 38.6 Å². The summed E-state index contributed by atoms with van der Waals surface area (Å²) >= 11 is 6.87. The maximum Gasteiger partial charge on any atom is 0.411 e. The third-order valence-electron chi connectivity index (χ3n) is 10.9. The molecule has 0 atom stereocenters. The third kappa shape index (κ3) is 17.1. The van der Waals surface area contributed by atoms with Gasteiger partial charge in [0.2, 0.25) is 23.6 Å². The van der Waals surface area contributed by atoms with E-state index < -0.39 is 23.4 Å². The van der Waals surface area contributed by atoms with Gasteiger partial charge in [-0.25, -0.2) is 19.6 Å². The van der Waals surface area contributed by atoms with Crippen LogP contribution in [0.1, 0.15) is 80.8 Å². The fourth-order valence-corrected chi connectivity index (χ4v) is 9.41. The Balaban J connectivity index is 0.000000193. The van der Waals surface area contributed by atoms with E-state index in [1.165, 1.54) is 36.8 Å². The van der Waals surface area contributed by atoms with Gasteiger partial charge in [0, 0.05) is 82.8 Å². The number of hydrogen-bond acceptors (Lipinski definition) is 12. The number of nitrogens with one attached hydrogen (secondary N) is 2. The molecule has 16 nitrogen and oxygen atoms in total. The summed E-state index contributed by atoms with van der Waals surface area (Å²) in [6.07, 6.45) is 14.9. The molecule has 0 saturated carbocycles. The van der Waals surface area contributed by atoms with E-state index in [1.807, 2.05) is 21.9 Å². The van der Waals surface area contributed by atoms with Gasteiger partial charge in [-0.2, -0.15) is 0 Å². The van der Waals surface area contributed by atoms with Crippen LogP contribution in [0.4, 0.5) is 21.2 Å². The van der Waals surface area contributed by atoms with Gasteiger partial charge in [-0.15, -0.1) is 22.7 Å². The summed E-state index contributed by atoms with van der Waals surface area (Å²) in [5, 5.41) is 9.59. The molecule has 0 unspecified atom stereocenters. The van der Waals surface area contributed by atoms with Crippen LogP contribution in [0, 0.1) is 0 Å². The van der Waals surface area contributed by atoms with Gasteiger partial charge in [0.1, 0.15) is 35.9 Å². The number of fused-ring (bicyclic) bond motifs is 2. The molecule has 0 bridgehead atoms. The number of ether oxygens (including phenoxy) is 2. The van der Waals surface area contributed by atoms with E-state index in [4.69, 9.17) is 9.47 Å². The first-order chi connectivity index (χ1) is 33.7. The number of carbonyl (C=O) groups excluding carboxylic acids is 6. The minimum Gasteiger partial charge on any atom is -0.444 e. The molecule has 71 heavy (non-hydrogen) atoms. The van der Waals surface area contributed by atoms with Crippen molar-refractivity contribution in [1.29, 1.82) is 0 Å². The number of thiophene rings is 2. The highest BCUT2D eigenvalue weighted by Gasteiger charge is 2.30. The number of halogens is 1. The zero-order valence-corrected chi connectivity index (χ0v) is 44.2. The van der Waals surface area contributed by atoms with E-state index in [1.54, 1.807) is 88.8 Å². The minimum absolute atomic E-state index is 0.0337. The first-order valence-corrected chi connectivity index (χ1v) is 25.7. The van der Waals surface area contributed by atoms with E-state index in [-0.39, 0.29) is 49.8 Å². The second kappa shape index (κ2) is 24.6. The van der Waals surface area contributed by atoms with E-state index >= 15 is 0 Å². The Morgan fingerprint density at radius 3 is 1.62 bits per heavy atom. The Hall–Kier alpha value is -6.44. The molecule has 0 saturated heterocycles. The van der Waals surface area contributed by atoms with Crippen molar-refractivity contribution >= 4 is 92.1 Å². The van der Waals surface area contributed by atoms with E-state index in [0.29, 0.717) is 35.9 Å². The standard InChI is InChI=1S/C26H30N4O4S.C13H16BrN3O3.C13H15NOS/c1-26(2,3)34-25(33)30-16-20-13-19(15-27-24(20)28-22(31)17-30)6-7-23(32)29-10-8-18(9-11-29)14-21-5-4-12-35-21;1-13(2,3)20-12(19)17-6-8-4-9(14)5-15-11(8)16-10(18)7-17;1-2-13(15)14-7-5-11(6-8-14)10-12-4-3-9-16-12/h4-8,12-13,15H,9-11,14,16-17H2,1-3H3,(H,27,28,31);4-5H,6-7H2,1-3H3,(H,15,16,18);2-5,9H,1,6-8,10H2/b7-6+;;.